The minimum absolute atomic E-state index is 0.102. The molecule has 0 radical (unpaired) electrons. The van der Waals surface area contributed by atoms with Gasteiger partial charge in [0.2, 0.25) is 0 Å². The molecule has 0 aliphatic carbocycles. The van der Waals surface area contributed by atoms with Gasteiger partial charge in [-0.25, -0.2) is 9.48 Å². The molecule has 1 aromatic carbocycles. The highest BCUT2D eigenvalue weighted by molar-refractivity contribution is 5.72. The van der Waals surface area contributed by atoms with Crippen molar-refractivity contribution in [1.82, 2.24) is 15.1 Å². The smallest absolute Gasteiger partial charge is 0.352 e. The van der Waals surface area contributed by atoms with Crippen molar-refractivity contribution in [3.05, 3.63) is 47.3 Å². The van der Waals surface area contributed by atoms with Crippen LogP contribution in [0.15, 0.2) is 30.3 Å². The number of rotatable bonds is 3. The van der Waals surface area contributed by atoms with Crippen LogP contribution in [-0.4, -0.2) is 22.0 Å². The van der Waals surface area contributed by atoms with Crippen LogP contribution >= 0.6 is 0 Å². The molecule has 1 heterocycles. The zero-order valence-corrected chi connectivity index (χ0v) is 12.0. The van der Waals surface area contributed by atoms with E-state index < -0.39 is 18.2 Å². The first-order valence-electron chi connectivity index (χ1n) is 6.46. The Labute approximate surface area is 124 Å². The second kappa shape index (κ2) is 5.70. The van der Waals surface area contributed by atoms with Gasteiger partial charge in [0.05, 0.1) is 11.4 Å². The van der Waals surface area contributed by atoms with Crippen molar-refractivity contribution < 1.29 is 18.0 Å². The third kappa shape index (κ3) is 3.05. The summed E-state index contributed by atoms with van der Waals surface area (Å²) in [5.41, 5.74) is 5.87. The van der Waals surface area contributed by atoms with Gasteiger partial charge in [-0.15, -0.1) is 0 Å². The predicted octanol–water partition coefficient (Wildman–Crippen LogP) is 2.76. The van der Waals surface area contributed by atoms with Crippen LogP contribution in [0.2, 0.25) is 0 Å². The molecule has 8 heteroatoms. The number of hydrogen-bond acceptors (Lipinski definition) is 2. The van der Waals surface area contributed by atoms with Gasteiger partial charge in [-0.3, -0.25) is 0 Å². The zero-order chi connectivity index (χ0) is 16.5. The normalized spacial score (nSPS) is 13.0. The molecule has 0 saturated carbocycles. The third-order valence-electron chi connectivity index (χ3n) is 3.25. The molecule has 22 heavy (non-hydrogen) atoms. The predicted molar refractivity (Wildman–Crippen MR) is 74.6 cm³/mol. The molecule has 0 fully saturated rings. The standard InChI is InChI=1S/C14H15F3N4O/c1-8-11(12(14(15,16)17)19-13(18)22)9(2)21(20-8)10-6-4-3-5-7-10/h3-7,12H,1-2H3,(H3,18,19,22). The second-order valence-electron chi connectivity index (χ2n) is 4.82. The number of hydrogen-bond donors (Lipinski definition) is 2. The van der Waals surface area contributed by atoms with Gasteiger partial charge in [-0.2, -0.15) is 18.3 Å². The summed E-state index contributed by atoms with van der Waals surface area (Å²) in [5.74, 6) is 0. The number of nitrogens with two attached hydrogens (primary N) is 1. The van der Waals surface area contributed by atoms with Crippen LogP contribution in [0, 0.1) is 13.8 Å². The van der Waals surface area contributed by atoms with Crippen LogP contribution in [0.25, 0.3) is 5.69 Å². The van der Waals surface area contributed by atoms with Gasteiger partial charge in [-0.1, -0.05) is 18.2 Å². The topological polar surface area (TPSA) is 72.9 Å². The van der Waals surface area contributed by atoms with Crippen LogP contribution in [-0.2, 0) is 0 Å². The number of nitrogens with one attached hydrogen (secondary N) is 1. The molecule has 3 N–H and O–H groups in total. The van der Waals surface area contributed by atoms with E-state index in [1.165, 1.54) is 18.5 Å². The van der Waals surface area contributed by atoms with Gasteiger partial charge in [0.15, 0.2) is 6.04 Å². The van der Waals surface area contributed by atoms with Crippen molar-refractivity contribution in [2.24, 2.45) is 5.73 Å². The molecule has 2 amide bonds. The Morgan fingerprint density at radius 3 is 2.36 bits per heavy atom. The number of primary amides is 1. The van der Waals surface area contributed by atoms with Crippen LogP contribution in [0.1, 0.15) is 23.0 Å². The number of carbonyl (C=O) groups is 1. The first-order chi connectivity index (χ1) is 10.2. The number of urea groups is 1. The highest BCUT2D eigenvalue weighted by Crippen LogP contribution is 2.36. The van der Waals surface area contributed by atoms with E-state index in [9.17, 15) is 18.0 Å². The fourth-order valence-corrected chi connectivity index (χ4v) is 2.35. The van der Waals surface area contributed by atoms with E-state index in [1.54, 1.807) is 35.6 Å². The quantitative estimate of drug-likeness (QED) is 0.914. The number of para-hydroxylation sites is 1. The van der Waals surface area contributed by atoms with Crippen molar-refractivity contribution in [3.8, 4) is 5.69 Å². The summed E-state index contributed by atoms with van der Waals surface area (Å²) >= 11 is 0. The van der Waals surface area contributed by atoms with E-state index in [0.29, 0.717) is 11.4 Å². The molecule has 118 valence electrons. The Morgan fingerprint density at radius 2 is 1.86 bits per heavy atom. The molecule has 1 atom stereocenters. The second-order valence-corrected chi connectivity index (χ2v) is 4.82. The largest absolute Gasteiger partial charge is 0.413 e. The van der Waals surface area contributed by atoms with Gasteiger partial charge < -0.3 is 11.1 Å². The highest BCUT2D eigenvalue weighted by atomic mass is 19.4. The molecular weight excluding hydrogens is 297 g/mol. The number of carbonyl (C=O) groups excluding carboxylic acids is 1. The zero-order valence-electron chi connectivity index (χ0n) is 12.0. The number of halogens is 3. The molecule has 0 spiro atoms. The Balaban J connectivity index is 2.55. The molecular formula is C14H15F3N4O. The molecule has 0 saturated heterocycles. The maximum Gasteiger partial charge on any atom is 0.413 e. The number of aryl methyl sites for hydroxylation is 1. The van der Waals surface area contributed by atoms with Gasteiger partial charge in [-0.05, 0) is 26.0 Å². The summed E-state index contributed by atoms with van der Waals surface area (Å²) in [7, 11) is 0. The van der Waals surface area contributed by atoms with Gasteiger partial charge >= 0.3 is 12.2 Å². The van der Waals surface area contributed by atoms with Gasteiger partial charge in [0.1, 0.15) is 0 Å². The van der Waals surface area contributed by atoms with Crippen molar-refractivity contribution in [2.45, 2.75) is 26.1 Å². The summed E-state index contributed by atoms with van der Waals surface area (Å²) in [6.07, 6.45) is -4.67. The first kappa shape index (κ1) is 15.9. The molecule has 1 aromatic heterocycles. The summed E-state index contributed by atoms with van der Waals surface area (Å²) in [4.78, 5) is 10.9. The fraction of sp³-hybridized carbons (Fsp3) is 0.286. The van der Waals surface area contributed by atoms with Crippen molar-refractivity contribution in [1.29, 1.82) is 0 Å². The van der Waals surface area contributed by atoms with Crippen molar-refractivity contribution in [3.63, 3.8) is 0 Å². The Hall–Kier alpha value is -2.51. The lowest BCUT2D eigenvalue weighted by Gasteiger charge is -2.21. The minimum atomic E-state index is -4.67. The monoisotopic (exact) mass is 312 g/mol. The summed E-state index contributed by atoms with van der Waals surface area (Å²) < 4.78 is 41.1. The molecule has 2 aromatic rings. The van der Waals surface area contributed by atoms with E-state index in [4.69, 9.17) is 5.73 Å². The molecule has 1 unspecified atom stereocenters. The first-order valence-corrected chi connectivity index (χ1v) is 6.46. The maximum absolute atomic E-state index is 13.2. The van der Waals surface area contributed by atoms with Crippen LogP contribution < -0.4 is 11.1 Å². The number of benzene rings is 1. The fourth-order valence-electron chi connectivity index (χ4n) is 2.35. The SMILES string of the molecule is Cc1nn(-c2ccccc2)c(C)c1C(NC(N)=O)C(F)(F)F. The van der Waals surface area contributed by atoms with Crippen LogP contribution in [0.3, 0.4) is 0 Å². The average Bonchev–Trinajstić information content (AvgIpc) is 2.71. The number of amides is 2. The van der Waals surface area contributed by atoms with Crippen molar-refractivity contribution >= 4 is 6.03 Å². The Bertz CT molecular complexity index is 679. The number of nitrogens with zero attached hydrogens (tertiary/aromatic N) is 2. The Morgan fingerprint density at radius 1 is 1.27 bits per heavy atom. The Kier molecular flexibility index (Phi) is 4.11. The van der Waals surface area contributed by atoms with E-state index in [-0.39, 0.29) is 11.3 Å². The summed E-state index contributed by atoms with van der Waals surface area (Å²) in [6, 6.07) is 5.34. The number of alkyl halides is 3. The van der Waals surface area contributed by atoms with Crippen LogP contribution in [0.4, 0.5) is 18.0 Å². The van der Waals surface area contributed by atoms with E-state index in [1.807, 2.05) is 0 Å². The number of aromatic nitrogens is 2. The lowest BCUT2D eigenvalue weighted by molar-refractivity contribution is -0.155. The molecule has 0 aliphatic heterocycles. The lowest BCUT2D eigenvalue weighted by Crippen LogP contribution is -2.41. The molecule has 2 rings (SSSR count). The van der Waals surface area contributed by atoms with E-state index >= 15 is 0 Å². The third-order valence-corrected chi connectivity index (χ3v) is 3.25. The van der Waals surface area contributed by atoms with E-state index in [0.717, 1.165) is 0 Å². The van der Waals surface area contributed by atoms with Crippen LogP contribution in [0.5, 0.6) is 0 Å². The molecule has 5 nitrogen and oxygen atoms in total. The molecule has 0 bridgehead atoms. The highest BCUT2D eigenvalue weighted by Gasteiger charge is 2.44. The van der Waals surface area contributed by atoms with Gasteiger partial charge in [0.25, 0.3) is 0 Å². The van der Waals surface area contributed by atoms with E-state index in [2.05, 4.69) is 5.10 Å². The summed E-state index contributed by atoms with van der Waals surface area (Å²) in [6.45, 7) is 2.98. The molecule has 0 aliphatic rings. The average molecular weight is 312 g/mol. The minimum Gasteiger partial charge on any atom is -0.352 e. The van der Waals surface area contributed by atoms with Crippen molar-refractivity contribution in [2.75, 3.05) is 0 Å². The maximum atomic E-state index is 13.2. The summed E-state index contributed by atoms with van der Waals surface area (Å²) in [5, 5.41) is 5.89. The lowest BCUT2D eigenvalue weighted by atomic mass is 10.0. The van der Waals surface area contributed by atoms with Gasteiger partial charge in [0, 0.05) is 11.3 Å².